The number of hydrogen-bond donors (Lipinski definition) is 0. The van der Waals surface area contributed by atoms with Crippen LogP contribution in [0.2, 0.25) is 0 Å². The van der Waals surface area contributed by atoms with Crippen molar-refractivity contribution in [3.8, 4) is 0 Å². The average molecular weight is 392 g/mol. The molecule has 0 saturated heterocycles. The van der Waals surface area contributed by atoms with E-state index in [1.807, 2.05) is 24.3 Å². The lowest BCUT2D eigenvalue weighted by Crippen LogP contribution is -2.38. The summed E-state index contributed by atoms with van der Waals surface area (Å²) in [6, 6.07) is 11.7. The molecule has 0 unspecified atom stereocenters. The fourth-order valence-electron chi connectivity index (χ4n) is 2.73. The zero-order chi connectivity index (χ0) is 17.1. The number of anilines is 1. The molecule has 1 aliphatic heterocycles. The first-order chi connectivity index (χ1) is 11.6. The Morgan fingerprint density at radius 3 is 2.79 bits per heavy atom. The highest BCUT2D eigenvalue weighted by molar-refractivity contribution is 9.10. The van der Waals surface area contributed by atoms with E-state index in [0.717, 1.165) is 24.1 Å². The van der Waals surface area contributed by atoms with E-state index >= 15 is 0 Å². The van der Waals surface area contributed by atoms with Gasteiger partial charge in [-0.15, -0.1) is 0 Å². The number of para-hydroxylation sites is 1. The molecular weight excluding hydrogens is 377 g/mol. The predicted octanol–water partition coefficient (Wildman–Crippen LogP) is 3.72. The quantitative estimate of drug-likeness (QED) is 0.748. The maximum absolute atomic E-state index is 13.8. The number of benzene rings is 2. The van der Waals surface area contributed by atoms with Crippen LogP contribution < -0.4 is 4.90 Å². The minimum atomic E-state index is -0.848. The summed E-state index contributed by atoms with van der Waals surface area (Å²) < 4.78 is 19.3. The van der Waals surface area contributed by atoms with Crippen molar-refractivity contribution < 1.29 is 18.7 Å². The van der Waals surface area contributed by atoms with Gasteiger partial charge >= 0.3 is 5.97 Å². The molecule has 2 aromatic rings. The highest BCUT2D eigenvalue weighted by Gasteiger charge is 2.23. The zero-order valence-corrected chi connectivity index (χ0v) is 14.4. The van der Waals surface area contributed by atoms with Gasteiger partial charge in [-0.1, -0.05) is 34.1 Å². The number of carbonyl (C=O) groups excluding carboxylic acids is 2. The number of carbonyl (C=O) groups is 2. The molecule has 0 bridgehead atoms. The fraction of sp³-hybridized carbons (Fsp3) is 0.222. The number of fused-ring (bicyclic) bond motifs is 1. The topological polar surface area (TPSA) is 46.6 Å². The smallest absolute Gasteiger partial charge is 0.341 e. The van der Waals surface area contributed by atoms with Gasteiger partial charge in [-0.05, 0) is 42.7 Å². The van der Waals surface area contributed by atoms with Crippen LogP contribution in [0.1, 0.15) is 22.3 Å². The Morgan fingerprint density at radius 1 is 1.21 bits per heavy atom. The number of halogens is 2. The van der Waals surface area contributed by atoms with Crippen LogP contribution in [0.5, 0.6) is 0 Å². The SMILES string of the molecule is O=C(OCC(=O)N1CCCc2ccccc21)c1ccc(Br)cc1F. The average Bonchev–Trinajstić information content (AvgIpc) is 2.59. The third-order valence-electron chi connectivity index (χ3n) is 3.89. The first kappa shape index (κ1) is 16.6. The van der Waals surface area contributed by atoms with E-state index in [4.69, 9.17) is 4.74 Å². The number of amides is 1. The second-order valence-electron chi connectivity index (χ2n) is 5.48. The van der Waals surface area contributed by atoms with Crippen molar-refractivity contribution in [2.45, 2.75) is 12.8 Å². The van der Waals surface area contributed by atoms with Gasteiger partial charge in [0.1, 0.15) is 5.82 Å². The van der Waals surface area contributed by atoms with Gasteiger partial charge in [-0.25, -0.2) is 9.18 Å². The molecule has 24 heavy (non-hydrogen) atoms. The number of esters is 1. The van der Waals surface area contributed by atoms with Crippen molar-refractivity contribution in [2.24, 2.45) is 0 Å². The summed E-state index contributed by atoms with van der Waals surface area (Å²) >= 11 is 3.12. The second kappa shape index (κ2) is 7.13. The van der Waals surface area contributed by atoms with Gasteiger partial charge in [-0.2, -0.15) is 0 Å². The Kier molecular flexibility index (Phi) is 4.94. The minimum absolute atomic E-state index is 0.190. The van der Waals surface area contributed by atoms with Crippen LogP contribution in [0.4, 0.5) is 10.1 Å². The van der Waals surface area contributed by atoms with Gasteiger partial charge in [-0.3, -0.25) is 4.79 Å². The molecule has 1 amide bonds. The molecule has 0 aromatic heterocycles. The lowest BCUT2D eigenvalue weighted by Gasteiger charge is -2.29. The highest BCUT2D eigenvalue weighted by atomic mass is 79.9. The monoisotopic (exact) mass is 391 g/mol. The first-order valence-corrected chi connectivity index (χ1v) is 8.36. The summed E-state index contributed by atoms with van der Waals surface area (Å²) in [5.74, 6) is -1.85. The molecule has 0 aliphatic carbocycles. The second-order valence-corrected chi connectivity index (χ2v) is 6.39. The van der Waals surface area contributed by atoms with Gasteiger partial charge in [0.15, 0.2) is 6.61 Å². The fourth-order valence-corrected chi connectivity index (χ4v) is 3.06. The third-order valence-corrected chi connectivity index (χ3v) is 4.38. The molecule has 2 aromatic carbocycles. The maximum Gasteiger partial charge on any atom is 0.341 e. The predicted molar refractivity (Wildman–Crippen MR) is 91.5 cm³/mol. The van der Waals surface area contributed by atoms with Crippen LogP contribution in [-0.2, 0) is 16.0 Å². The van der Waals surface area contributed by atoms with Crippen LogP contribution in [0.3, 0.4) is 0 Å². The highest BCUT2D eigenvalue weighted by Crippen LogP contribution is 2.26. The molecule has 0 atom stereocenters. The number of nitrogens with zero attached hydrogens (tertiary/aromatic N) is 1. The molecule has 1 aliphatic rings. The number of ether oxygens (including phenoxy) is 1. The lowest BCUT2D eigenvalue weighted by molar-refractivity contribution is -0.121. The maximum atomic E-state index is 13.8. The Labute approximate surface area is 147 Å². The van der Waals surface area contributed by atoms with Crippen molar-refractivity contribution in [2.75, 3.05) is 18.1 Å². The minimum Gasteiger partial charge on any atom is -0.452 e. The van der Waals surface area contributed by atoms with E-state index in [2.05, 4.69) is 15.9 Å². The van der Waals surface area contributed by atoms with Crippen LogP contribution in [0.15, 0.2) is 46.9 Å². The number of rotatable bonds is 3. The third kappa shape index (κ3) is 3.48. The van der Waals surface area contributed by atoms with Crippen molar-refractivity contribution in [1.82, 2.24) is 0 Å². The number of aryl methyl sites for hydroxylation is 1. The van der Waals surface area contributed by atoms with Gasteiger partial charge in [0.05, 0.1) is 5.56 Å². The van der Waals surface area contributed by atoms with E-state index in [1.54, 1.807) is 11.0 Å². The molecule has 4 nitrogen and oxygen atoms in total. The Balaban J connectivity index is 1.67. The number of hydrogen-bond acceptors (Lipinski definition) is 3. The summed E-state index contributed by atoms with van der Waals surface area (Å²) in [4.78, 5) is 26.0. The Bertz CT molecular complexity index is 794. The lowest BCUT2D eigenvalue weighted by atomic mass is 10.0. The molecule has 1 heterocycles. The Hall–Kier alpha value is -2.21. The van der Waals surface area contributed by atoms with Gasteiger partial charge in [0.2, 0.25) is 0 Å². The van der Waals surface area contributed by atoms with Crippen molar-refractivity contribution in [1.29, 1.82) is 0 Å². The van der Waals surface area contributed by atoms with Crippen LogP contribution >= 0.6 is 15.9 Å². The normalized spacial score (nSPS) is 13.3. The molecule has 0 spiro atoms. The molecule has 0 saturated carbocycles. The molecule has 0 radical (unpaired) electrons. The van der Waals surface area contributed by atoms with E-state index in [0.29, 0.717) is 11.0 Å². The molecule has 124 valence electrons. The van der Waals surface area contributed by atoms with E-state index in [9.17, 15) is 14.0 Å². The van der Waals surface area contributed by atoms with Crippen LogP contribution in [-0.4, -0.2) is 25.0 Å². The summed E-state index contributed by atoms with van der Waals surface area (Å²) in [5, 5.41) is 0. The van der Waals surface area contributed by atoms with Crippen molar-refractivity contribution >= 4 is 33.5 Å². The van der Waals surface area contributed by atoms with Crippen LogP contribution in [0, 0.1) is 5.82 Å². The Morgan fingerprint density at radius 2 is 2.00 bits per heavy atom. The van der Waals surface area contributed by atoms with Crippen molar-refractivity contribution in [3.63, 3.8) is 0 Å². The molecule has 0 N–H and O–H groups in total. The standard InChI is InChI=1S/C18H15BrFNO3/c19-13-7-8-14(15(20)10-13)18(23)24-11-17(22)21-9-3-5-12-4-1-2-6-16(12)21/h1-2,4,6-8,10H,3,5,9,11H2. The molecular formula is C18H15BrFNO3. The molecule has 6 heteroatoms. The largest absolute Gasteiger partial charge is 0.452 e. The summed E-state index contributed by atoms with van der Waals surface area (Å²) in [5.41, 5.74) is 1.76. The van der Waals surface area contributed by atoms with Gasteiger partial charge in [0, 0.05) is 16.7 Å². The molecule has 0 fully saturated rings. The van der Waals surface area contributed by atoms with E-state index in [1.165, 1.54) is 12.1 Å². The van der Waals surface area contributed by atoms with E-state index < -0.39 is 18.4 Å². The first-order valence-electron chi connectivity index (χ1n) is 7.56. The summed E-state index contributed by atoms with van der Waals surface area (Å²) in [7, 11) is 0. The molecule has 3 rings (SSSR count). The zero-order valence-electron chi connectivity index (χ0n) is 12.8. The van der Waals surface area contributed by atoms with Gasteiger partial charge < -0.3 is 9.64 Å². The summed E-state index contributed by atoms with van der Waals surface area (Å²) in [6.07, 6.45) is 1.78. The summed E-state index contributed by atoms with van der Waals surface area (Å²) in [6.45, 7) is 0.169. The van der Waals surface area contributed by atoms with E-state index in [-0.39, 0.29) is 11.5 Å². The van der Waals surface area contributed by atoms with Crippen LogP contribution in [0.25, 0.3) is 0 Å². The van der Waals surface area contributed by atoms with Crippen molar-refractivity contribution in [3.05, 3.63) is 63.9 Å². The van der Waals surface area contributed by atoms with Gasteiger partial charge in [0.25, 0.3) is 5.91 Å².